The van der Waals surface area contributed by atoms with Gasteiger partial charge in [-0.1, -0.05) is 36.4 Å². The van der Waals surface area contributed by atoms with Crippen LogP contribution in [0, 0.1) is 19.8 Å². The van der Waals surface area contributed by atoms with Gasteiger partial charge < -0.3 is 15.0 Å². The van der Waals surface area contributed by atoms with Crippen molar-refractivity contribution in [1.29, 1.82) is 0 Å². The average molecular weight is 380 g/mol. The van der Waals surface area contributed by atoms with Crippen LogP contribution in [0.25, 0.3) is 0 Å². The Morgan fingerprint density at radius 2 is 1.75 bits per heavy atom. The summed E-state index contributed by atoms with van der Waals surface area (Å²) in [6.45, 7) is 5.84. The molecule has 1 fully saturated rings. The summed E-state index contributed by atoms with van der Waals surface area (Å²) in [6, 6.07) is 15.7. The minimum Gasteiger partial charge on any atom is -0.484 e. The van der Waals surface area contributed by atoms with E-state index in [0.717, 1.165) is 11.1 Å². The first kappa shape index (κ1) is 19.9. The quantitative estimate of drug-likeness (QED) is 0.837. The summed E-state index contributed by atoms with van der Waals surface area (Å²) in [5, 5.41) is 3.00. The first-order chi connectivity index (χ1) is 13.5. The van der Waals surface area contributed by atoms with Crippen LogP contribution in [0.5, 0.6) is 5.75 Å². The monoisotopic (exact) mass is 380 g/mol. The van der Waals surface area contributed by atoms with Gasteiger partial charge >= 0.3 is 0 Å². The maximum Gasteiger partial charge on any atom is 0.260 e. The highest BCUT2D eigenvalue weighted by atomic mass is 16.5. The van der Waals surface area contributed by atoms with Crippen LogP contribution in [-0.4, -0.2) is 36.4 Å². The number of likely N-dealkylation sites (tertiary alicyclic amines) is 1. The molecule has 2 aromatic rings. The number of nitrogens with zero attached hydrogens (tertiary/aromatic N) is 1. The molecule has 148 valence electrons. The number of hydrogen-bond acceptors (Lipinski definition) is 3. The smallest absolute Gasteiger partial charge is 0.260 e. The lowest BCUT2D eigenvalue weighted by Crippen LogP contribution is -2.44. The maximum absolute atomic E-state index is 12.4. The molecule has 5 heteroatoms. The first-order valence-corrected chi connectivity index (χ1v) is 9.82. The Morgan fingerprint density at radius 3 is 2.43 bits per heavy atom. The lowest BCUT2D eigenvalue weighted by Gasteiger charge is -2.31. The van der Waals surface area contributed by atoms with Gasteiger partial charge in [0.25, 0.3) is 5.91 Å². The van der Waals surface area contributed by atoms with Crippen molar-refractivity contribution in [3.63, 3.8) is 0 Å². The predicted molar refractivity (Wildman–Crippen MR) is 109 cm³/mol. The topological polar surface area (TPSA) is 58.6 Å². The molecule has 0 aliphatic carbocycles. The number of aryl methyl sites for hydroxylation is 2. The summed E-state index contributed by atoms with van der Waals surface area (Å²) in [4.78, 5) is 26.6. The number of rotatable bonds is 6. The number of carbonyl (C=O) groups is 2. The van der Waals surface area contributed by atoms with E-state index in [2.05, 4.69) is 5.32 Å². The summed E-state index contributed by atoms with van der Waals surface area (Å²) in [7, 11) is 0. The van der Waals surface area contributed by atoms with Crippen LogP contribution in [0.3, 0.4) is 0 Å². The molecule has 3 rings (SSSR count). The molecular weight excluding hydrogens is 352 g/mol. The Balaban J connectivity index is 1.40. The van der Waals surface area contributed by atoms with Gasteiger partial charge in [0.05, 0.1) is 0 Å². The van der Waals surface area contributed by atoms with Crippen molar-refractivity contribution < 1.29 is 14.3 Å². The van der Waals surface area contributed by atoms with E-state index in [1.165, 1.54) is 5.56 Å². The van der Waals surface area contributed by atoms with E-state index >= 15 is 0 Å². The van der Waals surface area contributed by atoms with Gasteiger partial charge in [-0.3, -0.25) is 9.59 Å². The van der Waals surface area contributed by atoms with Crippen molar-refractivity contribution >= 4 is 11.8 Å². The summed E-state index contributed by atoms with van der Waals surface area (Å²) in [6.07, 6.45) is 1.38. The Labute approximate surface area is 166 Å². The van der Waals surface area contributed by atoms with E-state index in [1.807, 2.05) is 62.4 Å². The van der Waals surface area contributed by atoms with E-state index in [1.54, 1.807) is 4.90 Å². The van der Waals surface area contributed by atoms with Crippen LogP contribution in [-0.2, 0) is 16.1 Å². The zero-order chi connectivity index (χ0) is 19.9. The number of ether oxygens (including phenoxy) is 1. The van der Waals surface area contributed by atoms with Crippen molar-refractivity contribution in [3.05, 3.63) is 65.2 Å². The van der Waals surface area contributed by atoms with E-state index in [0.29, 0.717) is 38.2 Å². The molecule has 0 saturated carbocycles. The normalized spacial score (nSPS) is 14.6. The molecule has 0 spiro atoms. The Hall–Kier alpha value is -2.82. The number of hydrogen-bond donors (Lipinski definition) is 1. The van der Waals surface area contributed by atoms with E-state index in [9.17, 15) is 9.59 Å². The lowest BCUT2D eigenvalue weighted by molar-refractivity contribution is -0.137. The number of amides is 2. The zero-order valence-corrected chi connectivity index (χ0v) is 16.6. The Bertz CT molecular complexity index is 812. The second kappa shape index (κ2) is 9.40. The van der Waals surface area contributed by atoms with Gasteiger partial charge in [-0.2, -0.15) is 0 Å². The zero-order valence-electron chi connectivity index (χ0n) is 16.6. The van der Waals surface area contributed by atoms with Crippen LogP contribution in [0.4, 0.5) is 0 Å². The van der Waals surface area contributed by atoms with Crippen LogP contribution in [0.15, 0.2) is 48.5 Å². The molecule has 2 amide bonds. The number of benzene rings is 2. The van der Waals surface area contributed by atoms with Gasteiger partial charge in [-0.25, -0.2) is 0 Å². The van der Waals surface area contributed by atoms with Crippen LogP contribution < -0.4 is 10.1 Å². The van der Waals surface area contributed by atoms with Gasteiger partial charge in [0.15, 0.2) is 6.61 Å². The fraction of sp³-hybridized carbons (Fsp3) is 0.391. The van der Waals surface area contributed by atoms with Crippen molar-refractivity contribution in [3.8, 4) is 5.75 Å². The molecule has 0 atom stereocenters. The van der Waals surface area contributed by atoms with Crippen LogP contribution >= 0.6 is 0 Å². The minimum atomic E-state index is -0.0339. The van der Waals surface area contributed by atoms with Gasteiger partial charge in [0.1, 0.15) is 5.75 Å². The molecule has 0 aromatic heterocycles. The molecular formula is C23H28N2O3. The number of piperidine rings is 1. The van der Waals surface area contributed by atoms with Gasteiger partial charge in [-0.05, 0) is 55.5 Å². The van der Waals surface area contributed by atoms with Crippen LogP contribution in [0.1, 0.15) is 29.5 Å². The maximum atomic E-state index is 12.4. The highest BCUT2D eigenvalue weighted by Crippen LogP contribution is 2.19. The summed E-state index contributed by atoms with van der Waals surface area (Å²) in [5.41, 5.74) is 3.44. The molecule has 0 unspecified atom stereocenters. The third kappa shape index (κ3) is 5.35. The van der Waals surface area contributed by atoms with Crippen molar-refractivity contribution in [2.75, 3.05) is 19.7 Å². The summed E-state index contributed by atoms with van der Waals surface area (Å²) >= 11 is 0. The molecule has 0 radical (unpaired) electrons. The average Bonchev–Trinajstić information content (AvgIpc) is 2.73. The molecule has 1 aliphatic rings. The molecule has 1 saturated heterocycles. The van der Waals surface area contributed by atoms with Crippen molar-refractivity contribution in [2.45, 2.75) is 33.2 Å². The highest BCUT2D eigenvalue weighted by molar-refractivity contribution is 5.80. The second-order valence-electron chi connectivity index (χ2n) is 7.39. The minimum absolute atomic E-state index is 0.0265. The molecule has 2 aromatic carbocycles. The fourth-order valence-electron chi connectivity index (χ4n) is 3.36. The molecule has 0 bridgehead atoms. The molecule has 1 aliphatic heterocycles. The van der Waals surface area contributed by atoms with E-state index in [-0.39, 0.29) is 24.3 Å². The number of carbonyl (C=O) groups excluding carboxylic acids is 2. The van der Waals surface area contributed by atoms with Gasteiger partial charge in [0, 0.05) is 25.6 Å². The van der Waals surface area contributed by atoms with Crippen molar-refractivity contribution in [1.82, 2.24) is 10.2 Å². The standard InChI is InChI=1S/C23H28N2O3/c1-17-8-9-21(14-18(17)2)28-16-22(26)25-12-10-20(11-13-25)23(27)24-15-19-6-4-3-5-7-19/h3-9,14,20H,10-13,15-16H2,1-2H3,(H,24,27). The van der Waals surface area contributed by atoms with Crippen LogP contribution in [0.2, 0.25) is 0 Å². The van der Waals surface area contributed by atoms with Gasteiger partial charge in [0.2, 0.25) is 5.91 Å². The first-order valence-electron chi connectivity index (χ1n) is 9.82. The molecule has 1 heterocycles. The largest absolute Gasteiger partial charge is 0.484 e. The lowest BCUT2D eigenvalue weighted by atomic mass is 9.96. The third-order valence-electron chi connectivity index (χ3n) is 5.37. The second-order valence-corrected chi connectivity index (χ2v) is 7.39. The van der Waals surface area contributed by atoms with Crippen molar-refractivity contribution in [2.24, 2.45) is 5.92 Å². The molecule has 5 nitrogen and oxygen atoms in total. The summed E-state index contributed by atoms with van der Waals surface area (Å²) in [5.74, 6) is 0.726. The molecule has 1 N–H and O–H groups in total. The third-order valence-corrected chi connectivity index (χ3v) is 5.37. The van der Waals surface area contributed by atoms with E-state index < -0.39 is 0 Å². The fourth-order valence-corrected chi connectivity index (χ4v) is 3.36. The highest BCUT2D eigenvalue weighted by Gasteiger charge is 2.27. The van der Waals surface area contributed by atoms with E-state index in [4.69, 9.17) is 4.74 Å². The molecule has 28 heavy (non-hydrogen) atoms. The number of nitrogens with one attached hydrogen (secondary N) is 1. The van der Waals surface area contributed by atoms with Gasteiger partial charge in [-0.15, -0.1) is 0 Å². The summed E-state index contributed by atoms with van der Waals surface area (Å²) < 4.78 is 5.65. The Morgan fingerprint density at radius 1 is 1.04 bits per heavy atom. The predicted octanol–water partition coefficient (Wildman–Crippen LogP) is 3.24. The SMILES string of the molecule is Cc1ccc(OCC(=O)N2CCC(C(=O)NCc3ccccc3)CC2)cc1C. The Kier molecular flexibility index (Phi) is 6.69.